The van der Waals surface area contributed by atoms with Crippen molar-refractivity contribution in [3.63, 3.8) is 0 Å². The average Bonchev–Trinajstić information content (AvgIpc) is 3.38. The van der Waals surface area contributed by atoms with Gasteiger partial charge < -0.3 is 15.0 Å². The van der Waals surface area contributed by atoms with Crippen LogP contribution < -0.4 is 10.1 Å². The highest BCUT2D eigenvalue weighted by Crippen LogP contribution is 2.30. The molecule has 1 heterocycles. The van der Waals surface area contributed by atoms with Crippen LogP contribution in [-0.4, -0.2) is 41.4 Å². The number of benzene rings is 1. The topological polar surface area (TPSA) is 71.5 Å². The van der Waals surface area contributed by atoms with Gasteiger partial charge in [-0.1, -0.05) is 18.2 Å². The zero-order valence-electron chi connectivity index (χ0n) is 15.0. The molecule has 0 spiro atoms. The fourth-order valence-corrected chi connectivity index (χ4v) is 3.31. The van der Waals surface area contributed by atoms with E-state index in [-0.39, 0.29) is 25.0 Å². The van der Waals surface area contributed by atoms with E-state index in [0.717, 1.165) is 23.4 Å². The van der Waals surface area contributed by atoms with Gasteiger partial charge in [0.25, 0.3) is 5.91 Å². The van der Waals surface area contributed by atoms with Gasteiger partial charge in [0.15, 0.2) is 11.7 Å². The number of para-hydroxylation sites is 1. The van der Waals surface area contributed by atoms with Crippen molar-refractivity contribution in [1.29, 1.82) is 0 Å². The second kappa shape index (κ2) is 8.31. The fourth-order valence-electron chi connectivity index (χ4n) is 2.48. The van der Waals surface area contributed by atoms with Crippen LogP contribution >= 0.6 is 11.3 Å². The van der Waals surface area contributed by atoms with E-state index in [4.69, 9.17) is 4.74 Å². The molecule has 1 aromatic carbocycles. The van der Waals surface area contributed by atoms with Gasteiger partial charge in [0.2, 0.25) is 5.91 Å². The smallest absolute Gasteiger partial charge is 0.260 e. The maximum atomic E-state index is 12.5. The standard InChI is InChI=1S/C19H23N3O3S/c1-13-14(2)26-19(20-13)21-17(23)11-22(10-15-8-9-15)18(24)12-25-16-6-4-3-5-7-16/h3-7,15H,8-12H2,1-2H3,(H,20,21,23). The molecule has 1 aromatic heterocycles. The first-order valence-corrected chi connectivity index (χ1v) is 9.52. The van der Waals surface area contributed by atoms with E-state index in [9.17, 15) is 9.59 Å². The van der Waals surface area contributed by atoms with Crippen molar-refractivity contribution in [2.24, 2.45) is 5.92 Å². The lowest BCUT2D eigenvalue weighted by atomic mass is 10.3. The van der Waals surface area contributed by atoms with Crippen LogP contribution in [0.15, 0.2) is 30.3 Å². The Morgan fingerprint density at radius 2 is 2.00 bits per heavy atom. The molecule has 0 unspecified atom stereocenters. The van der Waals surface area contributed by atoms with Crippen LogP contribution in [0, 0.1) is 19.8 Å². The summed E-state index contributed by atoms with van der Waals surface area (Å²) >= 11 is 1.44. The quantitative estimate of drug-likeness (QED) is 0.772. The molecular formula is C19H23N3O3S. The Bertz CT molecular complexity index is 752. The number of aromatic nitrogens is 1. The van der Waals surface area contributed by atoms with E-state index >= 15 is 0 Å². The van der Waals surface area contributed by atoms with Crippen molar-refractivity contribution in [1.82, 2.24) is 9.88 Å². The molecule has 3 rings (SSSR count). The summed E-state index contributed by atoms with van der Waals surface area (Å²) in [5.41, 5.74) is 0.910. The first-order chi connectivity index (χ1) is 12.5. The van der Waals surface area contributed by atoms with Gasteiger partial charge >= 0.3 is 0 Å². The first kappa shape index (κ1) is 18.4. The van der Waals surface area contributed by atoms with Gasteiger partial charge in [-0.05, 0) is 44.7 Å². The average molecular weight is 373 g/mol. The number of hydrogen-bond acceptors (Lipinski definition) is 5. The fraction of sp³-hybridized carbons (Fsp3) is 0.421. The Morgan fingerprint density at radius 3 is 2.62 bits per heavy atom. The molecule has 138 valence electrons. The largest absolute Gasteiger partial charge is 0.484 e. The molecule has 0 atom stereocenters. The van der Waals surface area contributed by atoms with Gasteiger partial charge in [-0.15, -0.1) is 11.3 Å². The summed E-state index contributed by atoms with van der Waals surface area (Å²) in [6, 6.07) is 9.21. The second-order valence-corrected chi connectivity index (χ2v) is 7.73. The summed E-state index contributed by atoms with van der Waals surface area (Å²) in [4.78, 5) is 31.8. The van der Waals surface area contributed by atoms with Crippen LogP contribution in [0.1, 0.15) is 23.4 Å². The molecule has 0 aliphatic heterocycles. The van der Waals surface area contributed by atoms with E-state index < -0.39 is 0 Å². The van der Waals surface area contributed by atoms with Crippen molar-refractivity contribution in [2.75, 3.05) is 25.0 Å². The number of nitrogens with one attached hydrogen (secondary N) is 1. The van der Waals surface area contributed by atoms with Gasteiger partial charge in [0.05, 0.1) is 5.69 Å². The molecule has 6 nitrogen and oxygen atoms in total. The monoisotopic (exact) mass is 373 g/mol. The second-order valence-electron chi connectivity index (χ2n) is 6.53. The number of aryl methyl sites for hydroxylation is 2. The maximum Gasteiger partial charge on any atom is 0.260 e. The van der Waals surface area contributed by atoms with Crippen molar-refractivity contribution in [2.45, 2.75) is 26.7 Å². The Labute approximate surface area is 157 Å². The zero-order valence-corrected chi connectivity index (χ0v) is 15.8. The number of carbonyl (C=O) groups excluding carboxylic acids is 2. The lowest BCUT2D eigenvalue weighted by Gasteiger charge is -2.22. The number of ether oxygens (including phenoxy) is 1. The van der Waals surface area contributed by atoms with Gasteiger partial charge in [0, 0.05) is 11.4 Å². The number of rotatable bonds is 8. The molecule has 26 heavy (non-hydrogen) atoms. The predicted molar refractivity (Wildman–Crippen MR) is 101 cm³/mol. The number of thiazole rings is 1. The minimum absolute atomic E-state index is 0.0190. The van der Waals surface area contributed by atoms with Crippen LogP contribution in [0.2, 0.25) is 0 Å². The highest BCUT2D eigenvalue weighted by atomic mass is 32.1. The molecule has 0 bridgehead atoms. The van der Waals surface area contributed by atoms with Crippen LogP contribution in [0.5, 0.6) is 5.75 Å². The molecule has 1 aliphatic carbocycles. The molecule has 1 saturated carbocycles. The number of carbonyl (C=O) groups is 2. The molecule has 0 saturated heterocycles. The SMILES string of the molecule is Cc1nc(NC(=O)CN(CC2CC2)C(=O)COc2ccccc2)sc1C. The number of amides is 2. The summed E-state index contributed by atoms with van der Waals surface area (Å²) in [7, 11) is 0. The Balaban J connectivity index is 1.55. The van der Waals surface area contributed by atoms with Gasteiger partial charge in [-0.3, -0.25) is 9.59 Å². The summed E-state index contributed by atoms with van der Waals surface area (Å²) in [5.74, 6) is 0.730. The van der Waals surface area contributed by atoms with E-state index in [1.807, 2.05) is 32.0 Å². The van der Waals surface area contributed by atoms with Crippen LogP contribution in [0.25, 0.3) is 0 Å². The molecular weight excluding hydrogens is 350 g/mol. The number of hydrogen-bond donors (Lipinski definition) is 1. The van der Waals surface area contributed by atoms with Gasteiger partial charge in [-0.25, -0.2) is 4.98 Å². The van der Waals surface area contributed by atoms with Crippen molar-refractivity contribution in [3.8, 4) is 5.75 Å². The zero-order chi connectivity index (χ0) is 18.5. The van der Waals surface area contributed by atoms with Crippen molar-refractivity contribution < 1.29 is 14.3 Å². The normalized spacial score (nSPS) is 13.3. The molecule has 1 fully saturated rings. The molecule has 0 radical (unpaired) electrons. The minimum Gasteiger partial charge on any atom is -0.484 e. The van der Waals surface area contributed by atoms with Crippen molar-refractivity contribution in [3.05, 3.63) is 40.9 Å². The third-order valence-electron chi connectivity index (χ3n) is 4.24. The van der Waals surface area contributed by atoms with E-state index in [1.54, 1.807) is 17.0 Å². The van der Waals surface area contributed by atoms with Crippen molar-refractivity contribution >= 4 is 28.3 Å². The van der Waals surface area contributed by atoms with Gasteiger partial charge in [0.1, 0.15) is 12.3 Å². The first-order valence-electron chi connectivity index (χ1n) is 8.71. The summed E-state index contributed by atoms with van der Waals surface area (Å²) in [5, 5.41) is 3.36. The third-order valence-corrected chi connectivity index (χ3v) is 5.23. The lowest BCUT2D eigenvalue weighted by molar-refractivity contribution is -0.136. The van der Waals surface area contributed by atoms with E-state index in [0.29, 0.717) is 23.3 Å². The van der Waals surface area contributed by atoms with E-state index in [1.165, 1.54) is 11.3 Å². The lowest BCUT2D eigenvalue weighted by Crippen LogP contribution is -2.41. The molecule has 7 heteroatoms. The third kappa shape index (κ3) is 5.29. The van der Waals surface area contributed by atoms with Crippen LogP contribution in [0.3, 0.4) is 0 Å². The summed E-state index contributed by atoms with van der Waals surface area (Å²) < 4.78 is 5.54. The molecule has 2 amide bonds. The Morgan fingerprint density at radius 1 is 1.27 bits per heavy atom. The van der Waals surface area contributed by atoms with Crippen LogP contribution in [-0.2, 0) is 9.59 Å². The predicted octanol–water partition coefficient (Wildman–Crippen LogP) is 3.02. The van der Waals surface area contributed by atoms with Crippen LogP contribution in [0.4, 0.5) is 5.13 Å². The maximum absolute atomic E-state index is 12.5. The highest BCUT2D eigenvalue weighted by molar-refractivity contribution is 7.15. The minimum atomic E-state index is -0.229. The Kier molecular flexibility index (Phi) is 5.88. The molecule has 1 aliphatic rings. The number of nitrogens with zero attached hydrogens (tertiary/aromatic N) is 2. The Hall–Kier alpha value is -2.41. The summed E-state index contributed by atoms with van der Waals surface area (Å²) in [6.07, 6.45) is 2.21. The number of anilines is 1. The summed E-state index contributed by atoms with van der Waals surface area (Å²) in [6.45, 7) is 4.42. The van der Waals surface area contributed by atoms with Gasteiger partial charge in [-0.2, -0.15) is 0 Å². The molecule has 1 N–H and O–H groups in total. The highest BCUT2D eigenvalue weighted by Gasteiger charge is 2.28. The van der Waals surface area contributed by atoms with E-state index in [2.05, 4.69) is 10.3 Å². The molecule has 2 aromatic rings.